The maximum absolute atomic E-state index is 13.4. The van der Waals surface area contributed by atoms with Crippen molar-refractivity contribution in [2.45, 2.75) is 45.8 Å². The van der Waals surface area contributed by atoms with Gasteiger partial charge in [-0.1, -0.05) is 53.2 Å². The van der Waals surface area contributed by atoms with Crippen LogP contribution in [-0.2, 0) is 26.2 Å². The third-order valence-corrected chi connectivity index (χ3v) is 6.83. The number of carbonyl (C=O) groups is 2. The molecule has 0 unspecified atom stereocenters. The van der Waals surface area contributed by atoms with Gasteiger partial charge in [-0.2, -0.15) is 0 Å². The number of carbonyl (C=O) groups excluding carboxylic acids is 2. The molecule has 0 radical (unpaired) electrons. The van der Waals surface area contributed by atoms with E-state index in [4.69, 9.17) is 0 Å². The maximum atomic E-state index is 13.4. The van der Waals surface area contributed by atoms with E-state index in [9.17, 15) is 18.0 Å². The summed E-state index contributed by atoms with van der Waals surface area (Å²) in [6, 6.07) is 15.2. The van der Waals surface area contributed by atoms with Crippen LogP contribution in [0.15, 0.2) is 59.1 Å². The van der Waals surface area contributed by atoms with Crippen molar-refractivity contribution >= 4 is 43.5 Å². The summed E-state index contributed by atoms with van der Waals surface area (Å²) in [5.41, 5.74) is 1.22. The molecule has 0 aliphatic rings. The van der Waals surface area contributed by atoms with Gasteiger partial charge in [0.15, 0.2) is 0 Å². The number of hydrogen-bond acceptors (Lipinski definition) is 4. The van der Waals surface area contributed by atoms with Gasteiger partial charge < -0.3 is 10.2 Å². The Morgan fingerprint density at radius 2 is 1.62 bits per heavy atom. The van der Waals surface area contributed by atoms with E-state index in [1.807, 2.05) is 44.2 Å². The second kappa shape index (κ2) is 11.5. The Hall–Kier alpha value is -2.39. The minimum Gasteiger partial charge on any atom is -0.352 e. The fourth-order valence-corrected chi connectivity index (χ4v) is 4.16. The Bertz CT molecular complexity index is 1010. The first-order chi connectivity index (χ1) is 15.0. The SMILES string of the molecule is CC[C@@H](C)NC(=O)[C@@H](C)N(Cc1ccccc1)C(=O)CN(c1ccc(Br)cc1)S(C)(=O)=O. The average Bonchev–Trinajstić information content (AvgIpc) is 2.75. The quantitative estimate of drug-likeness (QED) is 0.515. The molecule has 0 aromatic heterocycles. The first-order valence-corrected chi connectivity index (χ1v) is 13.0. The molecule has 1 N–H and O–H groups in total. The molecule has 0 bridgehead atoms. The summed E-state index contributed by atoms with van der Waals surface area (Å²) in [5.74, 6) is -0.743. The van der Waals surface area contributed by atoms with Gasteiger partial charge in [-0.25, -0.2) is 8.42 Å². The Morgan fingerprint density at radius 3 is 2.16 bits per heavy atom. The van der Waals surface area contributed by atoms with Gasteiger partial charge in [-0.05, 0) is 50.1 Å². The fourth-order valence-electron chi connectivity index (χ4n) is 3.05. The van der Waals surface area contributed by atoms with Gasteiger partial charge in [-0.3, -0.25) is 13.9 Å². The molecule has 7 nitrogen and oxygen atoms in total. The summed E-state index contributed by atoms with van der Waals surface area (Å²) >= 11 is 3.33. The lowest BCUT2D eigenvalue weighted by molar-refractivity contribution is -0.139. The number of nitrogens with zero attached hydrogens (tertiary/aromatic N) is 2. The standard InChI is InChI=1S/C23H30BrN3O4S/c1-5-17(2)25-23(29)18(3)26(15-19-9-7-6-8-10-19)22(28)16-27(32(4,30)31)21-13-11-20(24)12-14-21/h6-14,17-18H,5,15-16H2,1-4H3,(H,25,29)/t17-,18-/m1/s1. The molecular formula is C23H30BrN3O4S. The highest BCUT2D eigenvalue weighted by Crippen LogP contribution is 2.21. The fraction of sp³-hybridized carbons (Fsp3) is 0.391. The van der Waals surface area contributed by atoms with Crippen molar-refractivity contribution in [1.29, 1.82) is 0 Å². The molecule has 2 rings (SSSR count). The van der Waals surface area contributed by atoms with Crippen LogP contribution in [0.5, 0.6) is 0 Å². The van der Waals surface area contributed by atoms with Gasteiger partial charge in [0.1, 0.15) is 12.6 Å². The second-order valence-corrected chi connectivity index (χ2v) is 10.6. The minimum atomic E-state index is -3.73. The average molecular weight is 524 g/mol. The van der Waals surface area contributed by atoms with E-state index < -0.39 is 28.5 Å². The normalized spacial score (nSPS) is 13.2. The van der Waals surface area contributed by atoms with E-state index >= 15 is 0 Å². The highest BCUT2D eigenvalue weighted by molar-refractivity contribution is 9.10. The number of anilines is 1. The summed E-state index contributed by atoms with van der Waals surface area (Å²) in [4.78, 5) is 27.6. The van der Waals surface area contributed by atoms with Crippen molar-refractivity contribution in [2.24, 2.45) is 0 Å². The number of amides is 2. The number of rotatable bonds is 10. The van der Waals surface area contributed by atoms with E-state index in [1.165, 1.54) is 4.90 Å². The third-order valence-electron chi connectivity index (χ3n) is 5.16. The molecule has 174 valence electrons. The van der Waals surface area contributed by atoms with Crippen LogP contribution in [0.25, 0.3) is 0 Å². The highest BCUT2D eigenvalue weighted by atomic mass is 79.9. The summed E-state index contributed by atoms with van der Waals surface area (Å²) in [5, 5.41) is 2.90. The predicted octanol–water partition coefficient (Wildman–Crippen LogP) is 3.55. The van der Waals surface area contributed by atoms with Crippen molar-refractivity contribution in [1.82, 2.24) is 10.2 Å². The Morgan fingerprint density at radius 1 is 1.03 bits per heavy atom. The van der Waals surface area contributed by atoms with Crippen molar-refractivity contribution in [3.63, 3.8) is 0 Å². The molecule has 0 spiro atoms. The molecule has 0 saturated heterocycles. The van der Waals surface area contributed by atoms with Gasteiger partial charge >= 0.3 is 0 Å². The Labute approximate surface area is 199 Å². The minimum absolute atomic E-state index is 0.0334. The first-order valence-electron chi connectivity index (χ1n) is 10.4. The molecule has 2 amide bonds. The van der Waals surface area contributed by atoms with Crippen LogP contribution in [0, 0.1) is 0 Å². The van der Waals surface area contributed by atoms with Gasteiger partial charge in [0.2, 0.25) is 21.8 Å². The molecule has 32 heavy (non-hydrogen) atoms. The summed E-state index contributed by atoms with van der Waals surface area (Å²) in [7, 11) is -3.73. The molecule has 2 atom stereocenters. The number of nitrogens with one attached hydrogen (secondary N) is 1. The molecule has 0 aliphatic carbocycles. The van der Waals surface area contributed by atoms with Crippen molar-refractivity contribution in [2.75, 3.05) is 17.1 Å². The number of hydrogen-bond donors (Lipinski definition) is 1. The van der Waals surface area contributed by atoms with Crippen LogP contribution in [0.4, 0.5) is 5.69 Å². The molecule has 2 aromatic carbocycles. The molecule has 0 saturated carbocycles. The van der Waals surface area contributed by atoms with Gasteiger partial charge in [0.05, 0.1) is 11.9 Å². The predicted molar refractivity (Wildman–Crippen MR) is 131 cm³/mol. The van der Waals surface area contributed by atoms with Gasteiger partial charge in [-0.15, -0.1) is 0 Å². The maximum Gasteiger partial charge on any atom is 0.244 e. The monoisotopic (exact) mass is 523 g/mol. The van der Waals surface area contributed by atoms with Crippen LogP contribution in [0.2, 0.25) is 0 Å². The lowest BCUT2D eigenvalue weighted by Gasteiger charge is -2.32. The Balaban J connectivity index is 2.34. The van der Waals surface area contributed by atoms with Crippen LogP contribution in [0.3, 0.4) is 0 Å². The summed E-state index contributed by atoms with van der Waals surface area (Å²) in [6.45, 7) is 5.29. The van der Waals surface area contributed by atoms with E-state index in [0.29, 0.717) is 5.69 Å². The van der Waals surface area contributed by atoms with Crippen LogP contribution in [-0.4, -0.2) is 50.0 Å². The lowest BCUT2D eigenvalue weighted by Crippen LogP contribution is -2.52. The van der Waals surface area contributed by atoms with E-state index in [0.717, 1.165) is 27.0 Å². The zero-order chi connectivity index (χ0) is 23.9. The first kappa shape index (κ1) is 25.9. The zero-order valence-electron chi connectivity index (χ0n) is 18.8. The summed E-state index contributed by atoms with van der Waals surface area (Å²) in [6.07, 6.45) is 1.82. The molecule has 0 heterocycles. The zero-order valence-corrected chi connectivity index (χ0v) is 21.2. The van der Waals surface area contributed by atoms with Crippen molar-refractivity contribution < 1.29 is 18.0 Å². The molecule has 0 fully saturated rings. The topological polar surface area (TPSA) is 86.8 Å². The van der Waals surface area contributed by atoms with Crippen molar-refractivity contribution in [3.05, 3.63) is 64.6 Å². The number of benzene rings is 2. The lowest BCUT2D eigenvalue weighted by atomic mass is 10.1. The van der Waals surface area contributed by atoms with Crippen LogP contribution < -0.4 is 9.62 Å². The van der Waals surface area contributed by atoms with E-state index in [1.54, 1.807) is 31.2 Å². The number of sulfonamides is 1. The smallest absolute Gasteiger partial charge is 0.244 e. The largest absolute Gasteiger partial charge is 0.352 e. The molecular weight excluding hydrogens is 494 g/mol. The second-order valence-electron chi connectivity index (χ2n) is 7.75. The molecule has 0 aliphatic heterocycles. The Kier molecular flexibility index (Phi) is 9.27. The number of halogens is 1. The van der Waals surface area contributed by atoms with E-state index in [2.05, 4.69) is 21.2 Å². The highest BCUT2D eigenvalue weighted by Gasteiger charge is 2.30. The summed E-state index contributed by atoms with van der Waals surface area (Å²) < 4.78 is 26.8. The van der Waals surface area contributed by atoms with Crippen LogP contribution >= 0.6 is 15.9 Å². The molecule has 2 aromatic rings. The van der Waals surface area contributed by atoms with Gasteiger partial charge in [0.25, 0.3) is 0 Å². The third kappa shape index (κ3) is 7.34. The van der Waals surface area contributed by atoms with Gasteiger partial charge in [0, 0.05) is 17.1 Å². The van der Waals surface area contributed by atoms with Crippen LogP contribution in [0.1, 0.15) is 32.8 Å². The molecule has 9 heteroatoms. The van der Waals surface area contributed by atoms with Crippen molar-refractivity contribution in [3.8, 4) is 0 Å². The van der Waals surface area contributed by atoms with E-state index in [-0.39, 0.29) is 18.5 Å².